The van der Waals surface area contributed by atoms with Crippen LogP contribution in [0.3, 0.4) is 0 Å². The SMILES string of the molecule is COCOCc1ccccc1C(C)(N)c1ccccc1. The van der Waals surface area contributed by atoms with E-state index in [9.17, 15) is 0 Å². The Labute approximate surface area is 120 Å². The van der Waals surface area contributed by atoms with Crippen molar-refractivity contribution < 1.29 is 9.47 Å². The van der Waals surface area contributed by atoms with Gasteiger partial charge in [0.25, 0.3) is 0 Å². The van der Waals surface area contributed by atoms with Gasteiger partial charge in [0.1, 0.15) is 6.79 Å². The van der Waals surface area contributed by atoms with Gasteiger partial charge in [-0.25, -0.2) is 0 Å². The summed E-state index contributed by atoms with van der Waals surface area (Å²) in [4.78, 5) is 0. The molecule has 0 amide bonds. The number of rotatable bonds is 6. The normalized spacial score (nSPS) is 13.9. The van der Waals surface area contributed by atoms with E-state index in [1.807, 2.05) is 55.5 Å². The van der Waals surface area contributed by atoms with Crippen molar-refractivity contribution in [1.82, 2.24) is 0 Å². The van der Waals surface area contributed by atoms with Gasteiger partial charge in [-0.1, -0.05) is 54.6 Å². The van der Waals surface area contributed by atoms with Crippen molar-refractivity contribution in [2.75, 3.05) is 13.9 Å². The molecule has 2 aromatic carbocycles. The standard InChI is InChI=1S/C17H21NO2/c1-17(18,15-9-4-3-5-10-15)16-11-7-6-8-14(16)12-20-13-19-2/h3-11H,12-13,18H2,1-2H3. The van der Waals surface area contributed by atoms with Gasteiger partial charge in [-0.3, -0.25) is 0 Å². The first-order valence-electron chi connectivity index (χ1n) is 6.65. The highest BCUT2D eigenvalue weighted by Crippen LogP contribution is 2.29. The van der Waals surface area contributed by atoms with Crippen LogP contribution in [0.4, 0.5) is 0 Å². The van der Waals surface area contributed by atoms with Crippen LogP contribution in [0.1, 0.15) is 23.6 Å². The first-order chi connectivity index (χ1) is 9.66. The summed E-state index contributed by atoms with van der Waals surface area (Å²) in [5.74, 6) is 0. The molecule has 20 heavy (non-hydrogen) atoms. The van der Waals surface area contributed by atoms with Gasteiger partial charge in [-0.2, -0.15) is 0 Å². The van der Waals surface area contributed by atoms with E-state index in [1.54, 1.807) is 7.11 Å². The average molecular weight is 271 g/mol. The monoisotopic (exact) mass is 271 g/mol. The first kappa shape index (κ1) is 14.7. The summed E-state index contributed by atoms with van der Waals surface area (Å²) in [5, 5.41) is 0. The Morgan fingerprint density at radius 3 is 2.35 bits per heavy atom. The molecule has 0 aliphatic carbocycles. The van der Waals surface area contributed by atoms with Crippen LogP contribution in [0.25, 0.3) is 0 Å². The van der Waals surface area contributed by atoms with Crippen molar-refractivity contribution in [3.05, 3.63) is 71.3 Å². The Morgan fingerprint density at radius 1 is 1.00 bits per heavy atom. The van der Waals surface area contributed by atoms with Crippen LogP contribution < -0.4 is 5.73 Å². The van der Waals surface area contributed by atoms with Gasteiger partial charge in [0.15, 0.2) is 0 Å². The van der Waals surface area contributed by atoms with Crippen LogP contribution in [-0.2, 0) is 21.6 Å². The molecule has 0 bridgehead atoms. The third kappa shape index (κ3) is 3.25. The van der Waals surface area contributed by atoms with Crippen molar-refractivity contribution in [2.24, 2.45) is 5.73 Å². The lowest BCUT2D eigenvalue weighted by Gasteiger charge is -2.28. The van der Waals surface area contributed by atoms with Gasteiger partial charge in [-0.05, 0) is 23.6 Å². The molecule has 106 valence electrons. The maximum Gasteiger partial charge on any atom is 0.146 e. The topological polar surface area (TPSA) is 44.5 Å². The zero-order valence-corrected chi connectivity index (χ0v) is 12.0. The molecule has 0 radical (unpaired) electrons. The third-order valence-electron chi connectivity index (χ3n) is 3.41. The van der Waals surface area contributed by atoms with Crippen molar-refractivity contribution in [1.29, 1.82) is 0 Å². The predicted molar refractivity (Wildman–Crippen MR) is 80.2 cm³/mol. The minimum Gasteiger partial charge on any atom is -0.359 e. The molecule has 0 heterocycles. The fourth-order valence-electron chi connectivity index (χ4n) is 2.33. The van der Waals surface area contributed by atoms with Gasteiger partial charge in [0.05, 0.1) is 12.1 Å². The second kappa shape index (κ2) is 6.66. The maximum absolute atomic E-state index is 6.58. The number of benzene rings is 2. The smallest absolute Gasteiger partial charge is 0.146 e. The molecule has 2 aromatic rings. The van der Waals surface area contributed by atoms with Crippen LogP contribution in [0.2, 0.25) is 0 Å². The van der Waals surface area contributed by atoms with Crippen molar-refractivity contribution in [2.45, 2.75) is 19.1 Å². The van der Waals surface area contributed by atoms with E-state index in [0.29, 0.717) is 6.61 Å². The van der Waals surface area contributed by atoms with Crippen LogP contribution in [0, 0.1) is 0 Å². The Hall–Kier alpha value is -1.68. The number of hydrogen-bond donors (Lipinski definition) is 1. The molecule has 0 saturated carbocycles. The van der Waals surface area contributed by atoms with E-state index in [2.05, 4.69) is 6.07 Å². The Balaban J connectivity index is 2.31. The number of hydrogen-bond acceptors (Lipinski definition) is 3. The molecule has 3 nitrogen and oxygen atoms in total. The molecule has 0 aromatic heterocycles. The Morgan fingerprint density at radius 2 is 1.65 bits per heavy atom. The zero-order valence-electron chi connectivity index (χ0n) is 12.0. The van der Waals surface area contributed by atoms with E-state index in [-0.39, 0.29) is 6.79 Å². The number of ether oxygens (including phenoxy) is 2. The molecule has 0 saturated heterocycles. The highest BCUT2D eigenvalue weighted by molar-refractivity contribution is 5.41. The molecule has 3 heteroatoms. The van der Waals surface area contributed by atoms with Crippen LogP contribution >= 0.6 is 0 Å². The molecule has 1 atom stereocenters. The highest BCUT2D eigenvalue weighted by Gasteiger charge is 2.25. The molecule has 1 unspecified atom stereocenters. The van der Waals surface area contributed by atoms with Crippen LogP contribution in [-0.4, -0.2) is 13.9 Å². The van der Waals surface area contributed by atoms with E-state index < -0.39 is 5.54 Å². The Kier molecular flexibility index (Phi) is 4.90. The summed E-state index contributed by atoms with van der Waals surface area (Å²) < 4.78 is 10.4. The predicted octanol–water partition coefficient (Wildman–Crippen LogP) is 3.03. The fraction of sp³-hybridized carbons (Fsp3) is 0.294. The summed E-state index contributed by atoms with van der Waals surface area (Å²) in [6.45, 7) is 2.79. The fourth-order valence-corrected chi connectivity index (χ4v) is 2.33. The molecule has 0 aliphatic heterocycles. The van der Waals surface area contributed by atoms with Gasteiger partial charge < -0.3 is 15.2 Å². The van der Waals surface area contributed by atoms with Gasteiger partial charge >= 0.3 is 0 Å². The van der Waals surface area contributed by atoms with E-state index in [1.165, 1.54) is 0 Å². The zero-order chi connectivity index (χ0) is 14.4. The second-order valence-corrected chi connectivity index (χ2v) is 4.98. The lowest BCUT2D eigenvalue weighted by molar-refractivity contribution is -0.0394. The average Bonchev–Trinajstić information content (AvgIpc) is 2.49. The number of nitrogens with two attached hydrogens (primary N) is 1. The summed E-state index contributed by atoms with van der Waals surface area (Å²) in [6, 6.07) is 18.2. The second-order valence-electron chi connectivity index (χ2n) is 4.98. The largest absolute Gasteiger partial charge is 0.359 e. The van der Waals surface area contributed by atoms with Gasteiger partial charge in [-0.15, -0.1) is 0 Å². The Bertz CT molecular complexity index is 538. The first-order valence-corrected chi connectivity index (χ1v) is 6.65. The highest BCUT2D eigenvalue weighted by atomic mass is 16.7. The molecule has 0 aliphatic rings. The number of methoxy groups -OCH3 is 1. The minimum atomic E-state index is -0.547. The van der Waals surface area contributed by atoms with Gasteiger partial charge in [0, 0.05) is 7.11 Å². The molecular formula is C17H21NO2. The minimum absolute atomic E-state index is 0.279. The maximum atomic E-state index is 6.58. The lowest BCUT2D eigenvalue weighted by Crippen LogP contribution is -2.35. The quantitative estimate of drug-likeness (QED) is 0.649. The summed E-state index contributed by atoms with van der Waals surface area (Å²) in [5.41, 5.74) is 9.27. The summed E-state index contributed by atoms with van der Waals surface area (Å²) >= 11 is 0. The summed E-state index contributed by atoms with van der Waals surface area (Å²) in [6.07, 6.45) is 0. The molecule has 2 N–H and O–H groups in total. The summed E-state index contributed by atoms with van der Waals surface area (Å²) in [7, 11) is 1.61. The van der Waals surface area contributed by atoms with Gasteiger partial charge in [0.2, 0.25) is 0 Å². The van der Waals surface area contributed by atoms with E-state index in [4.69, 9.17) is 15.2 Å². The molecule has 0 spiro atoms. The van der Waals surface area contributed by atoms with Crippen LogP contribution in [0.15, 0.2) is 54.6 Å². The van der Waals surface area contributed by atoms with Crippen molar-refractivity contribution >= 4 is 0 Å². The van der Waals surface area contributed by atoms with E-state index in [0.717, 1.165) is 16.7 Å². The molecule has 0 fully saturated rings. The molecular weight excluding hydrogens is 250 g/mol. The van der Waals surface area contributed by atoms with E-state index >= 15 is 0 Å². The van der Waals surface area contributed by atoms with Crippen molar-refractivity contribution in [3.8, 4) is 0 Å². The lowest BCUT2D eigenvalue weighted by atomic mass is 9.83. The molecule has 2 rings (SSSR count). The third-order valence-corrected chi connectivity index (χ3v) is 3.41. The van der Waals surface area contributed by atoms with Crippen LogP contribution in [0.5, 0.6) is 0 Å². The van der Waals surface area contributed by atoms with Crippen molar-refractivity contribution in [3.63, 3.8) is 0 Å².